The van der Waals surface area contributed by atoms with Crippen LogP contribution >= 0.6 is 0 Å². The molecule has 0 aliphatic rings. The number of para-hydroxylation sites is 1. The van der Waals surface area contributed by atoms with Gasteiger partial charge in [0.1, 0.15) is 5.52 Å². The van der Waals surface area contributed by atoms with E-state index in [-0.39, 0.29) is 12.4 Å². The Bertz CT molecular complexity index is 712. The molecular weight excluding hydrogens is 246 g/mol. The molecule has 0 radical (unpaired) electrons. The maximum absolute atomic E-state index is 11.4. The molecule has 3 aromatic rings. The molecule has 96 valence electrons. The van der Waals surface area contributed by atoms with Crippen molar-refractivity contribution in [2.24, 2.45) is 0 Å². The molecule has 0 atom stereocenters. The maximum Gasteiger partial charge on any atom is 0.310 e. The molecule has 0 amide bonds. The summed E-state index contributed by atoms with van der Waals surface area (Å²) in [5.74, 6) is 0.646. The zero-order valence-corrected chi connectivity index (χ0v) is 10.3. The number of ether oxygens (including phenoxy) is 1. The Balaban J connectivity index is 2.07. The number of fused-ring (bicyclic) bond motifs is 1. The van der Waals surface area contributed by atoms with Crippen molar-refractivity contribution in [2.45, 2.75) is 6.42 Å². The van der Waals surface area contributed by atoms with Gasteiger partial charge in [-0.05, 0) is 23.8 Å². The van der Waals surface area contributed by atoms with E-state index < -0.39 is 0 Å². The summed E-state index contributed by atoms with van der Waals surface area (Å²) in [7, 11) is 1.36. The van der Waals surface area contributed by atoms with Gasteiger partial charge in [0, 0.05) is 0 Å². The molecule has 1 aromatic carbocycles. The Kier molecular flexibility index (Phi) is 2.79. The van der Waals surface area contributed by atoms with Crippen molar-refractivity contribution in [2.75, 3.05) is 7.11 Å². The van der Waals surface area contributed by atoms with Crippen LogP contribution in [0.5, 0.6) is 0 Å². The second-order valence-electron chi connectivity index (χ2n) is 4.01. The Labute approximate surface area is 108 Å². The Hall–Kier alpha value is -2.56. The summed E-state index contributed by atoms with van der Waals surface area (Å²) < 4.78 is 15.5. The fourth-order valence-corrected chi connectivity index (χ4v) is 1.88. The molecule has 0 N–H and O–H groups in total. The quantitative estimate of drug-likeness (QED) is 0.675. The molecule has 0 bridgehead atoms. The first-order valence-corrected chi connectivity index (χ1v) is 5.77. The van der Waals surface area contributed by atoms with E-state index in [2.05, 4.69) is 9.72 Å². The summed E-state index contributed by atoms with van der Waals surface area (Å²) in [5.41, 5.74) is 2.04. The number of hydrogen-bond donors (Lipinski definition) is 0. The maximum atomic E-state index is 11.4. The van der Waals surface area contributed by atoms with Crippen LogP contribution in [0, 0.1) is 0 Å². The van der Waals surface area contributed by atoms with Crippen LogP contribution < -0.4 is 0 Å². The van der Waals surface area contributed by atoms with Crippen LogP contribution in [0.25, 0.3) is 22.8 Å². The van der Waals surface area contributed by atoms with Gasteiger partial charge in [-0.15, -0.1) is 0 Å². The first-order valence-electron chi connectivity index (χ1n) is 5.77. The van der Waals surface area contributed by atoms with Crippen molar-refractivity contribution in [1.29, 1.82) is 0 Å². The number of aromatic nitrogens is 1. The van der Waals surface area contributed by atoms with Crippen LogP contribution in [0.1, 0.15) is 5.56 Å². The van der Waals surface area contributed by atoms with Gasteiger partial charge in [-0.2, -0.15) is 0 Å². The lowest BCUT2D eigenvalue weighted by molar-refractivity contribution is -0.139. The van der Waals surface area contributed by atoms with Gasteiger partial charge in [-0.1, -0.05) is 12.1 Å². The topological polar surface area (TPSA) is 65.5 Å². The van der Waals surface area contributed by atoms with E-state index in [1.54, 1.807) is 24.5 Å². The van der Waals surface area contributed by atoms with Crippen LogP contribution in [0.3, 0.4) is 0 Å². The molecule has 0 saturated carbocycles. The molecular formula is C14H11NO4. The van der Waals surface area contributed by atoms with E-state index in [4.69, 9.17) is 8.83 Å². The van der Waals surface area contributed by atoms with E-state index in [1.165, 1.54) is 7.11 Å². The minimum Gasteiger partial charge on any atom is -0.469 e. The van der Waals surface area contributed by atoms with Gasteiger partial charge in [0.15, 0.2) is 11.3 Å². The molecule has 5 nitrogen and oxygen atoms in total. The minimum atomic E-state index is -0.310. The number of rotatable bonds is 3. The zero-order chi connectivity index (χ0) is 13.2. The molecule has 0 saturated heterocycles. The average molecular weight is 257 g/mol. The normalized spacial score (nSPS) is 10.8. The minimum absolute atomic E-state index is 0.165. The largest absolute Gasteiger partial charge is 0.469 e. The summed E-state index contributed by atoms with van der Waals surface area (Å²) in [6.45, 7) is 0. The number of hydrogen-bond acceptors (Lipinski definition) is 5. The highest BCUT2D eigenvalue weighted by Gasteiger charge is 2.14. The molecule has 0 unspecified atom stereocenters. The van der Waals surface area contributed by atoms with Crippen molar-refractivity contribution in [1.82, 2.24) is 4.98 Å². The molecule has 2 aromatic heterocycles. The smallest absolute Gasteiger partial charge is 0.310 e. The number of oxazole rings is 1. The number of carbonyl (C=O) groups excluding carboxylic acids is 1. The fourth-order valence-electron chi connectivity index (χ4n) is 1.88. The van der Waals surface area contributed by atoms with Crippen molar-refractivity contribution in [3.63, 3.8) is 0 Å². The molecule has 3 rings (SSSR count). The fraction of sp³-hybridized carbons (Fsp3) is 0.143. The van der Waals surface area contributed by atoms with E-state index in [0.717, 1.165) is 5.56 Å². The number of furan rings is 1. The van der Waals surface area contributed by atoms with Crippen molar-refractivity contribution in [3.05, 3.63) is 42.2 Å². The van der Waals surface area contributed by atoms with Crippen LogP contribution in [-0.4, -0.2) is 18.1 Å². The molecule has 0 aliphatic heterocycles. The van der Waals surface area contributed by atoms with Gasteiger partial charge in [0.05, 0.1) is 19.8 Å². The summed E-state index contributed by atoms with van der Waals surface area (Å²) in [6, 6.07) is 8.98. The molecule has 0 fully saturated rings. The highest BCUT2D eigenvalue weighted by molar-refractivity contribution is 5.84. The van der Waals surface area contributed by atoms with Crippen molar-refractivity contribution in [3.8, 4) is 11.7 Å². The van der Waals surface area contributed by atoms with E-state index >= 15 is 0 Å². The summed E-state index contributed by atoms with van der Waals surface area (Å²) in [5, 5.41) is 0. The van der Waals surface area contributed by atoms with Gasteiger partial charge >= 0.3 is 5.97 Å². The van der Waals surface area contributed by atoms with Crippen LogP contribution in [0.2, 0.25) is 0 Å². The zero-order valence-electron chi connectivity index (χ0n) is 10.3. The summed E-state index contributed by atoms with van der Waals surface area (Å²) >= 11 is 0. The molecule has 19 heavy (non-hydrogen) atoms. The predicted octanol–water partition coefficient (Wildman–Crippen LogP) is 2.80. The highest BCUT2D eigenvalue weighted by atomic mass is 16.5. The number of carbonyl (C=O) groups is 1. The number of benzene rings is 1. The molecule has 5 heteroatoms. The number of esters is 1. The summed E-state index contributed by atoms with van der Waals surface area (Å²) in [4.78, 5) is 15.7. The van der Waals surface area contributed by atoms with Gasteiger partial charge in [0.2, 0.25) is 0 Å². The van der Waals surface area contributed by atoms with Gasteiger partial charge < -0.3 is 13.6 Å². The molecule has 0 spiro atoms. The lowest BCUT2D eigenvalue weighted by Crippen LogP contribution is -2.04. The van der Waals surface area contributed by atoms with Crippen molar-refractivity contribution < 1.29 is 18.4 Å². The SMILES string of the molecule is COC(=O)Cc1cccc2oc(-c3ccco3)nc12. The lowest BCUT2D eigenvalue weighted by atomic mass is 10.1. The second-order valence-corrected chi connectivity index (χ2v) is 4.01. The molecule has 0 aliphatic carbocycles. The number of methoxy groups -OCH3 is 1. The Morgan fingerprint density at radius 2 is 2.21 bits per heavy atom. The standard InChI is InChI=1S/C14H11NO4/c1-17-12(16)8-9-4-2-5-10-13(9)15-14(19-10)11-6-3-7-18-11/h2-7H,8H2,1H3. The van der Waals surface area contributed by atoms with Crippen molar-refractivity contribution >= 4 is 17.1 Å². The predicted molar refractivity (Wildman–Crippen MR) is 67.4 cm³/mol. The van der Waals surface area contributed by atoms with Crippen LogP contribution in [0.15, 0.2) is 45.4 Å². The van der Waals surface area contributed by atoms with Gasteiger partial charge in [-0.25, -0.2) is 4.98 Å². The third-order valence-electron chi connectivity index (χ3n) is 2.80. The molecule has 2 heterocycles. The third-order valence-corrected chi connectivity index (χ3v) is 2.80. The Morgan fingerprint density at radius 3 is 2.95 bits per heavy atom. The van der Waals surface area contributed by atoms with Gasteiger partial charge in [-0.3, -0.25) is 4.79 Å². The second kappa shape index (κ2) is 4.61. The third kappa shape index (κ3) is 2.10. The summed E-state index contributed by atoms with van der Waals surface area (Å²) in [6.07, 6.45) is 1.72. The Morgan fingerprint density at radius 1 is 1.32 bits per heavy atom. The first-order chi connectivity index (χ1) is 9.28. The van der Waals surface area contributed by atoms with E-state index in [1.807, 2.05) is 12.1 Å². The monoisotopic (exact) mass is 257 g/mol. The average Bonchev–Trinajstić information content (AvgIpc) is 3.07. The van der Waals surface area contributed by atoms with Crippen LogP contribution in [0.4, 0.5) is 0 Å². The van der Waals surface area contributed by atoms with E-state index in [0.29, 0.717) is 22.8 Å². The highest BCUT2D eigenvalue weighted by Crippen LogP contribution is 2.26. The number of nitrogens with zero attached hydrogens (tertiary/aromatic N) is 1. The first kappa shape index (κ1) is 11.5. The van der Waals surface area contributed by atoms with E-state index in [9.17, 15) is 4.79 Å². The lowest BCUT2D eigenvalue weighted by Gasteiger charge is -1.99. The van der Waals surface area contributed by atoms with Gasteiger partial charge in [0.25, 0.3) is 5.89 Å². The van der Waals surface area contributed by atoms with Crippen LogP contribution in [-0.2, 0) is 16.0 Å².